The van der Waals surface area contributed by atoms with Crippen LogP contribution in [0.4, 0.5) is 0 Å². The summed E-state index contributed by atoms with van der Waals surface area (Å²) in [7, 11) is 0. The van der Waals surface area contributed by atoms with Crippen LogP contribution in [-0.2, 0) is 4.79 Å². The molecule has 3 heteroatoms. The average Bonchev–Trinajstić information content (AvgIpc) is 2.62. The molecule has 0 spiro atoms. The largest absolute Gasteiger partial charge is 0.392 e. The van der Waals surface area contributed by atoms with Gasteiger partial charge in [-0.25, -0.2) is 0 Å². The van der Waals surface area contributed by atoms with E-state index < -0.39 is 0 Å². The number of hydrogen-bond acceptors (Lipinski definition) is 3. The van der Waals surface area contributed by atoms with Crippen molar-refractivity contribution in [3.05, 3.63) is 24.3 Å². The summed E-state index contributed by atoms with van der Waals surface area (Å²) in [5.41, 5.74) is 0. The average molecular weight is 320 g/mol. The van der Waals surface area contributed by atoms with Crippen LogP contribution < -0.4 is 0 Å². The van der Waals surface area contributed by atoms with E-state index in [1.807, 2.05) is 0 Å². The minimum absolute atomic E-state index is 0.0223. The third-order valence-electron chi connectivity index (χ3n) is 5.53. The Morgan fingerprint density at radius 1 is 1.17 bits per heavy atom. The highest BCUT2D eigenvalue weighted by molar-refractivity contribution is 5.81. The zero-order valence-corrected chi connectivity index (χ0v) is 14.2. The molecule has 1 saturated carbocycles. The van der Waals surface area contributed by atoms with Gasteiger partial charge in [0.2, 0.25) is 0 Å². The van der Waals surface area contributed by atoms with Crippen LogP contribution in [0.2, 0.25) is 0 Å². The van der Waals surface area contributed by atoms with Crippen molar-refractivity contribution in [3.8, 4) is 0 Å². The van der Waals surface area contributed by atoms with Crippen LogP contribution in [0.1, 0.15) is 64.2 Å². The van der Waals surface area contributed by atoms with E-state index in [9.17, 15) is 9.90 Å². The summed E-state index contributed by atoms with van der Waals surface area (Å²) in [5, 5.41) is 19.1. The van der Waals surface area contributed by atoms with Crippen molar-refractivity contribution >= 4 is 5.78 Å². The first-order valence-electron chi connectivity index (χ1n) is 9.34. The molecule has 0 aromatic carbocycles. The van der Waals surface area contributed by atoms with Gasteiger partial charge in [-0.3, -0.25) is 4.79 Å². The highest BCUT2D eigenvalue weighted by Gasteiger charge is 2.25. The summed E-state index contributed by atoms with van der Waals surface area (Å²) >= 11 is 0. The Hall–Kier alpha value is -0.930. The van der Waals surface area contributed by atoms with Crippen molar-refractivity contribution in [2.24, 2.45) is 17.8 Å². The molecule has 2 rings (SSSR count). The number of aliphatic hydroxyl groups is 2. The Morgan fingerprint density at radius 3 is 2.61 bits per heavy atom. The van der Waals surface area contributed by atoms with Gasteiger partial charge in [-0.15, -0.1) is 0 Å². The topological polar surface area (TPSA) is 57.5 Å². The van der Waals surface area contributed by atoms with Gasteiger partial charge >= 0.3 is 0 Å². The van der Waals surface area contributed by atoms with Gasteiger partial charge in [-0.05, 0) is 70.1 Å². The van der Waals surface area contributed by atoms with Crippen LogP contribution in [0.15, 0.2) is 24.3 Å². The van der Waals surface area contributed by atoms with Crippen molar-refractivity contribution < 1.29 is 15.0 Å². The van der Waals surface area contributed by atoms with Crippen LogP contribution in [0.3, 0.4) is 0 Å². The molecule has 2 unspecified atom stereocenters. The number of Topliss-reactive ketones (excluding diaryl/α,β-unsaturated/α-hetero) is 1. The van der Waals surface area contributed by atoms with Crippen LogP contribution in [0.25, 0.3) is 0 Å². The van der Waals surface area contributed by atoms with Gasteiger partial charge in [-0.1, -0.05) is 24.3 Å². The highest BCUT2D eigenvalue weighted by Crippen LogP contribution is 2.32. The lowest BCUT2D eigenvalue weighted by molar-refractivity contribution is -0.126. The van der Waals surface area contributed by atoms with Crippen LogP contribution >= 0.6 is 0 Å². The third-order valence-corrected chi connectivity index (χ3v) is 5.53. The predicted octanol–water partition coefficient (Wildman–Crippen LogP) is 3.80. The van der Waals surface area contributed by atoms with Crippen LogP contribution in [0.5, 0.6) is 0 Å². The Bertz CT molecular complexity index is 405. The molecule has 130 valence electrons. The number of hydrogen-bond donors (Lipinski definition) is 2. The van der Waals surface area contributed by atoms with E-state index in [1.165, 1.54) is 12.8 Å². The molecule has 1 fully saturated rings. The predicted molar refractivity (Wildman–Crippen MR) is 93.0 cm³/mol. The second-order valence-electron chi connectivity index (χ2n) is 7.22. The number of ketones is 1. The van der Waals surface area contributed by atoms with Crippen LogP contribution in [0, 0.1) is 17.8 Å². The fourth-order valence-electron chi connectivity index (χ4n) is 3.92. The van der Waals surface area contributed by atoms with Crippen molar-refractivity contribution in [1.29, 1.82) is 0 Å². The molecule has 0 saturated heterocycles. The van der Waals surface area contributed by atoms with Gasteiger partial charge in [0.25, 0.3) is 0 Å². The maximum Gasteiger partial charge on any atom is 0.161 e. The number of carbonyl (C=O) groups excluding carboxylic acids is 1. The summed E-state index contributed by atoms with van der Waals surface area (Å²) in [6, 6.07) is 0. The zero-order chi connectivity index (χ0) is 16.5. The summed E-state index contributed by atoms with van der Waals surface area (Å²) in [6.45, 7) is -0.295. The third kappa shape index (κ3) is 6.23. The lowest BCUT2D eigenvalue weighted by atomic mass is 9.78. The first-order chi connectivity index (χ1) is 11.2. The summed E-state index contributed by atoms with van der Waals surface area (Å²) in [5.74, 6) is 1.18. The molecule has 0 heterocycles. The van der Waals surface area contributed by atoms with Gasteiger partial charge in [0, 0.05) is 11.8 Å². The van der Waals surface area contributed by atoms with E-state index in [4.69, 9.17) is 5.11 Å². The van der Waals surface area contributed by atoms with Crippen molar-refractivity contribution in [2.45, 2.75) is 70.3 Å². The molecule has 3 nitrogen and oxygen atoms in total. The SMILES string of the molecule is O=C(CO)C1CCC(CCC=CCC(O)C2C=CCCC2)CC1. The molecule has 2 atom stereocenters. The second kappa shape index (κ2) is 10.0. The van der Waals surface area contributed by atoms with E-state index in [0.717, 1.165) is 51.4 Å². The van der Waals surface area contributed by atoms with Gasteiger partial charge in [0.05, 0.1) is 6.10 Å². The maximum atomic E-state index is 11.5. The molecular weight excluding hydrogens is 288 g/mol. The van der Waals surface area contributed by atoms with Crippen molar-refractivity contribution in [2.75, 3.05) is 6.61 Å². The molecule has 0 radical (unpaired) electrons. The lowest BCUT2D eigenvalue weighted by Gasteiger charge is -2.27. The number of aliphatic hydroxyl groups excluding tert-OH is 2. The Labute approximate surface area is 140 Å². The number of carbonyl (C=O) groups is 1. The molecule has 2 N–H and O–H groups in total. The van der Waals surface area contributed by atoms with Crippen LogP contribution in [-0.4, -0.2) is 28.7 Å². The van der Waals surface area contributed by atoms with Crippen molar-refractivity contribution in [3.63, 3.8) is 0 Å². The minimum atomic E-state index is -0.295. The number of rotatable bonds is 8. The molecule has 0 aliphatic heterocycles. The van der Waals surface area contributed by atoms with Gasteiger partial charge in [-0.2, -0.15) is 0 Å². The molecule has 0 bridgehead atoms. The smallest absolute Gasteiger partial charge is 0.161 e. The van der Waals surface area contributed by atoms with E-state index >= 15 is 0 Å². The summed E-state index contributed by atoms with van der Waals surface area (Å²) in [4.78, 5) is 11.5. The molecule has 0 amide bonds. The Morgan fingerprint density at radius 2 is 1.96 bits per heavy atom. The molecule has 23 heavy (non-hydrogen) atoms. The van der Waals surface area contributed by atoms with E-state index in [0.29, 0.717) is 11.8 Å². The van der Waals surface area contributed by atoms with E-state index in [2.05, 4.69) is 24.3 Å². The van der Waals surface area contributed by atoms with Gasteiger partial charge < -0.3 is 10.2 Å². The first kappa shape index (κ1) is 18.4. The normalized spacial score (nSPS) is 29.7. The van der Waals surface area contributed by atoms with E-state index in [-0.39, 0.29) is 24.4 Å². The van der Waals surface area contributed by atoms with Gasteiger partial charge in [0.1, 0.15) is 6.61 Å². The fraction of sp³-hybridized carbons (Fsp3) is 0.750. The number of allylic oxidation sites excluding steroid dienone is 2. The maximum absolute atomic E-state index is 11.5. The highest BCUT2D eigenvalue weighted by atomic mass is 16.3. The fourth-order valence-corrected chi connectivity index (χ4v) is 3.92. The monoisotopic (exact) mass is 320 g/mol. The second-order valence-corrected chi connectivity index (χ2v) is 7.22. The molecule has 0 aromatic rings. The molecule has 2 aliphatic rings. The quantitative estimate of drug-likeness (QED) is 0.669. The minimum Gasteiger partial charge on any atom is -0.392 e. The first-order valence-corrected chi connectivity index (χ1v) is 9.34. The van der Waals surface area contributed by atoms with Gasteiger partial charge in [0.15, 0.2) is 5.78 Å². The zero-order valence-electron chi connectivity index (χ0n) is 14.2. The summed E-state index contributed by atoms with van der Waals surface area (Å²) in [6.07, 6.45) is 19.1. The lowest BCUT2D eigenvalue weighted by Crippen LogP contribution is -2.23. The molecular formula is C20H32O3. The van der Waals surface area contributed by atoms with E-state index in [1.54, 1.807) is 0 Å². The molecule has 2 aliphatic carbocycles. The molecule has 0 aromatic heterocycles. The summed E-state index contributed by atoms with van der Waals surface area (Å²) < 4.78 is 0. The van der Waals surface area contributed by atoms with Crippen molar-refractivity contribution in [1.82, 2.24) is 0 Å². The Balaban J connectivity index is 1.57. The standard InChI is InChI=1S/C20H32O3/c21-15-20(23)18-13-11-16(12-14-18)7-3-1-6-10-19(22)17-8-4-2-5-9-17/h1,4,6,8,16-19,21-22H,2-3,5,7,9-15H2. The Kier molecular flexibility index (Phi) is 8.04.